The van der Waals surface area contributed by atoms with Crippen LogP contribution in [0.3, 0.4) is 0 Å². The molecule has 0 amide bonds. The van der Waals surface area contributed by atoms with Crippen molar-refractivity contribution in [3.8, 4) is 0 Å². The third-order valence-corrected chi connectivity index (χ3v) is 5.53. The highest BCUT2D eigenvalue weighted by molar-refractivity contribution is 5.69. The summed E-state index contributed by atoms with van der Waals surface area (Å²) >= 11 is 0. The summed E-state index contributed by atoms with van der Waals surface area (Å²) in [5, 5.41) is 0. The molecule has 0 aromatic heterocycles. The predicted molar refractivity (Wildman–Crippen MR) is 112 cm³/mol. The van der Waals surface area contributed by atoms with Crippen LogP contribution in [0.1, 0.15) is 116 Å². The highest BCUT2D eigenvalue weighted by Gasteiger charge is 2.09. The molecule has 0 rings (SSSR count). The lowest BCUT2D eigenvalue weighted by Gasteiger charge is -2.13. The molecule has 0 spiro atoms. The Hall–Kier alpha value is -1.06. The fourth-order valence-electron chi connectivity index (χ4n) is 3.55. The smallest absolute Gasteiger partial charge is 0.305 e. The van der Waals surface area contributed by atoms with Crippen molar-refractivity contribution in [2.75, 3.05) is 14.2 Å². The maximum atomic E-state index is 11.2. The van der Waals surface area contributed by atoms with Crippen LogP contribution in [0.15, 0.2) is 0 Å². The first-order valence-corrected chi connectivity index (χ1v) is 11.3. The fraction of sp³-hybridized carbons (Fsp3) is 0.913. The summed E-state index contributed by atoms with van der Waals surface area (Å²) < 4.78 is 9.37. The Labute approximate surface area is 167 Å². The van der Waals surface area contributed by atoms with Crippen molar-refractivity contribution < 1.29 is 19.1 Å². The van der Waals surface area contributed by atoms with Crippen molar-refractivity contribution in [1.82, 2.24) is 0 Å². The van der Waals surface area contributed by atoms with Crippen molar-refractivity contribution in [2.45, 2.75) is 116 Å². The average molecular weight is 385 g/mol. The van der Waals surface area contributed by atoms with E-state index in [-0.39, 0.29) is 11.9 Å². The molecule has 0 fully saturated rings. The van der Waals surface area contributed by atoms with Gasteiger partial charge in [-0.1, -0.05) is 90.4 Å². The van der Waals surface area contributed by atoms with Gasteiger partial charge < -0.3 is 9.47 Å². The Kier molecular flexibility index (Phi) is 18.9. The van der Waals surface area contributed by atoms with Crippen LogP contribution in [0.25, 0.3) is 0 Å². The number of methoxy groups -OCH3 is 2. The van der Waals surface area contributed by atoms with Crippen molar-refractivity contribution in [3.63, 3.8) is 0 Å². The van der Waals surface area contributed by atoms with Crippen LogP contribution < -0.4 is 0 Å². The first-order valence-electron chi connectivity index (χ1n) is 11.3. The molecule has 0 aromatic rings. The lowest BCUT2D eigenvalue weighted by molar-refractivity contribution is -0.141. The number of hydrogen-bond acceptors (Lipinski definition) is 4. The van der Waals surface area contributed by atoms with Gasteiger partial charge in [-0.3, -0.25) is 9.59 Å². The van der Waals surface area contributed by atoms with Crippen molar-refractivity contribution in [2.24, 2.45) is 5.92 Å². The molecule has 4 heteroatoms. The van der Waals surface area contributed by atoms with E-state index in [1.807, 2.05) is 0 Å². The molecule has 0 saturated heterocycles. The largest absolute Gasteiger partial charge is 0.469 e. The standard InChI is InChI=1S/C23H44O4/c1-4-21(19-20-23(25)27-3)17-15-13-11-9-7-5-6-8-10-12-14-16-18-22(24)26-2/h21H,4-20H2,1-3H3. The van der Waals surface area contributed by atoms with E-state index in [0.717, 1.165) is 19.3 Å². The first kappa shape index (κ1) is 25.9. The summed E-state index contributed by atoms with van der Waals surface area (Å²) in [4.78, 5) is 22.2. The van der Waals surface area contributed by atoms with Gasteiger partial charge in [0.25, 0.3) is 0 Å². The summed E-state index contributed by atoms with van der Waals surface area (Å²) in [5.74, 6) is 0.521. The van der Waals surface area contributed by atoms with Crippen molar-refractivity contribution in [3.05, 3.63) is 0 Å². The lowest BCUT2D eigenvalue weighted by Crippen LogP contribution is -2.06. The quantitative estimate of drug-likeness (QED) is 0.186. The van der Waals surface area contributed by atoms with Crippen LogP contribution in [0.2, 0.25) is 0 Å². The fourth-order valence-corrected chi connectivity index (χ4v) is 3.55. The molecule has 0 aliphatic rings. The van der Waals surface area contributed by atoms with E-state index < -0.39 is 0 Å². The highest BCUT2D eigenvalue weighted by Crippen LogP contribution is 2.20. The summed E-state index contributed by atoms with van der Waals surface area (Å²) in [6, 6.07) is 0. The van der Waals surface area contributed by atoms with Crippen LogP contribution in [-0.4, -0.2) is 26.2 Å². The van der Waals surface area contributed by atoms with Crippen LogP contribution in [-0.2, 0) is 19.1 Å². The van der Waals surface area contributed by atoms with Gasteiger partial charge in [0.15, 0.2) is 0 Å². The number of esters is 2. The van der Waals surface area contributed by atoms with E-state index in [0.29, 0.717) is 18.8 Å². The third kappa shape index (κ3) is 18.1. The minimum absolute atomic E-state index is 0.0744. The van der Waals surface area contributed by atoms with E-state index >= 15 is 0 Å². The molecule has 0 N–H and O–H groups in total. The minimum atomic E-state index is -0.0820. The van der Waals surface area contributed by atoms with E-state index in [1.54, 1.807) is 0 Å². The monoisotopic (exact) mass is 384 g/mol. The number of unbranched alkanes of at least 4 members (excludes halogenated alkanes) is 11. The van der Waals surface area contributed by atoms with Gasteiger partial charge in [-0.15, -0.1) is 0 Å². The molecule has 1 atom stereocenters. The number of rotatable bonds is 19. The zero-order valence-corrected chi connectivity index (χ0v) is 18.2. The molecule has 27 heavy (non-hydrogen) atoms. The minimum Gasteiger partial charge on any atom is -0.469 e. The molecule has 0 aliphatic carbocycles. The zero-order chi connectivity index (χ0) is 20.2. The van der Waals surface area contributed by atoms with Gasteiger partial charge in [-0.25, -0.2) is 0 Å². The topological polar surface area (TPSA) is 52.6 Å². The summed E-state index contributed by atoms with van der Waals surface area (Å²) in [6.45, 7) is 2.22. The Morgan fingerprint density at radius 1 is 0.593 bits per heavy atom. The molecule has 1 unspecified atom stereocenters. The molecule has 0 aliphatic heterocycles. The molecule has 0 aromatic carbocycles. The predicted octanol–water partition coefficient (Wildman–Crippen LogP) is 6.60. The van der Waals surface area contributed by atoms with Crippen LogP contribution in [0.5, 0.6) is 0 Å². The summed E-state index contributed by atoms with van der Waals surface area (Å²) in [7, 11) is 2.93. The molecule has 4 nitrogen and oxygen atoms in total. The number of hydrogen-bond donors (Lipinski definition) is 0. The second-order valence-corrected chi connectivity index (χ2v) is 7.75. The Balaban J connectivity index is 3.28. The lowest BCUT2D eigenvalue weighted by atomic mass is 9.93. The molecule has 0 radical (unpaired) electrons. The molecular formula is C23H44O4. The number of carbonyl (C=O) groups is 2. The molecule has 0 bridgehead atoms. The van der Waals surface area contributed by atoms with Gasteiger partial charge in [0.05, 0.1) is 14.2 Å². The molecular weight excluding hydrogens is 340 g/mol. The van der Waals surface area contributed by atoms with E-state index in [1.165, 1.54) is 91.3 Å². The first-order chi connectivity index (χ1) is 13.1. The van der Waals surface area contributed by atoms with Crippen LogP contribution >= 0.6 is 0 Å². The second-order valence-electron chi connectivity index (χ2n) is 7.75. The van der Waals surface area contributed by atoms with Crippen molar-refractivity contribution in [1.29, 1.82) is 0 Å². The number of ether oxygens (including phenoxy) is 2. The molecule has 0 saturated carbocycles. The van der Waals surface area contributed by atoms with E-state index in [9.17, 15) is 9.59 Å². The van der Waals surface area contributed by atoms with Gasteiger partial charge in [0.2, 0.25) is 0 Å². The van der Waals surface area contributed by atoms with Gasteiger partial charge in [0.1, 0.15) is 0 Å². The van der Waals surface area contributed by atoms with Gasteiger partial charge >= 0.3 is 11.9 Å². The Morgan fingerprint density at radius 3 is 1.44 bits per heavy atom. The van der Waals surface area contributed by atoms with Gasteiger partial charge in [-0.2, -0.15) is 0 Å². The van der Waals surface area contributed by atoms with E-state index in [2.05, 4.69) is 11.7 Å². The summed E-state index contributed by atoms with van der Waals surface area (Å²) in [6.07, 6.45) is 19.9. The van der Waals surface area contributed by atoms with Gasteiger partial charge in [0, 0.05) is 12.8 Å². The highest BCUT2D eigenvalue weighted by atomic mass is 16.5. The van der Waals surface area contributed by atoms with E-state index in [4.69, 9.17) is 4.74 Å². The van der Waals surface area contributed by atoms with Crippen LogP contribution in [0.4, 0.5) is 0 Å². The normalized spacial score (nSPS) is 12.0. The maximum Gasteiger partial charge on any atom is 0.305 e. The average Bonchev–Trinajstić information content (AvgIpc) is 2.69. The summed E-state index contributed by atoms with van der Waals surface area (Å²) in [5.41, 5.74) is 0. The van der Waals surface area contributed by atoms with Crippen molar-refractivity contribution >= 4 is 11.9 Å². The second kappa shape index (κ2) is 19.7. The van der Waals surface area contributed by atoms with Gasteiger partial charge in [-0.05, 0) is 18.8 Å². The maximum absolute atomic E-state index is 11.2. The zero-order valence-electron chi connectivity index (χ0n) is 18.2. The Morgan fingerprint density at radius 2 is 1.00 bits per heavy atom. The number of carbonyl (C=O) groups excluding carboxylic acids is 2. The third-order valence-electron chi connectivity index (χ3n) is 5.53. The Bertz CT molecular complexity index is 354. The molecule has 0 heterocycles. The molecule has 160 valence electrons. The van der Waals surface area contributed by atoms with Crippen LogP contribution in [0, 0.1) is 5.92 Å². The SMILES string of the molecule is CCC(CCCCCCCCCCCCCCC(=O)OC)CCC(=O)OC.